The molecule has 0 N–H and O–H groups in total. The molecular weight excluding hydrogens is 176 g/mol. The van der Waals surface area contributed by atoms with E-state index in [1.807, 2.05) is 12.1 Å². The molecule has 0 atom stereocenters. The maximum atomic E-state index is 5.56. The normalized spacial score (nSPS) is 10.4. The summed E-state index contributed by atoms with van der Waals surface area (Å²) in [5.41, 5.74) is 0.974. The predicted molar refractivity (Wildman–Crippen MR) is 53.7 cm³/mol. The van der Waals surface area contributed by atoms with Crippen LogP contribution in [0.2, 0.25) is 0 Å². The van der Waals surface area contributed by atoms with Crippen LogP contribution in [0, 0.1) is 0 Å². The second-order valence-corrected chi connectivity index (χ2v) is 3.11. The van der Waals surface area contributed by atoms with Crippen molar-refractivity contribution in [3.63, 3.8) is 0 Å². The van der Waals surface area contributed by atoms with Crippen LogP contribution in [0.25, 0.3) is 11.3 Å². The zero-order chi connectivity index (χ0) is 9.80. The van der Waals surface area contributed by atoms with Gasteiger partial charge >= 0.3 is 0 Å². The summed E-state index contributed by atoms with van der Waals surface area (Å²) in [6, 6.07) is 3.85. The van der Waals surface area contributed by atoms with Gasteiger partial charge in [0.05, 0.1) is 6.20 Å². The van der Waals surface area contributed by atoms with Crippen LogP contribution < -0.4 is 0 Å². The second-order valence-electron chi connectivity index (χ2n) is 3.11. The molecule has 0 fully saturated rings. The zero-order valence-electron chi connectivity index (χ0n) is 8.10. The number of nitrogens with zero attached hydrogens (tertiary/aromatic N) is 2. The van der Waals surface area contributed by atoms with Gasteiger partial charge in [-0.3, -0.25) is 4.98 Å². The van der Waals surface area contributed by atoms with Crippen LogP contribution in [-0.2, 0) is 6.42 Å². The molecule has 3 nitrogen and oxygen atoms in total. The van der Waals surface area contributed by atoms with Gasteiger partial charge in [-0.25, -0.2) is 4.98 Å². The first-order valence-corrected chi connectivity index (χ1v) is 4.75. The van der Waals surface area contributed by atoms with Crippen molar-refractivity contribution in [2.24, 2.45) is 0 Å². The van der Waals surface area contributed by atoms with E-state index < -0.39 is 0 Å². The highest BCUT2D eigenvalue weighted by molar-refractivity contribution is 5.54. The first kappa shape index (κ1) is 8.94. The minimum atomic E-state index is 0.793. The lowest BCUT2D eigenvalue weighted by Crippen LogP contribution is -1.79. The molecule has 2 rings (SSSR count). The van der Waals surface area contributed by atoms with Gasteiger partial charge in [-0.2, -0.15) is 0 Å². The Bertz CT molecular complexity index is 395. The fourth-order valence-electron chi connectivity index (χ4n) is 1.28. The summed E-state index contributed by atoms with van der Waals surface area (Å²) < 4.78 is 5.56. The Morgan fingerprint density at radius 1 is 1.36 bits per heavy atom. The highest BCUT2D eigenvalue weighted by Gasteiger charge is 2.04. The third-order valence-corrected chi connectivity index (χ3v) is 1.96. The monoisotopic (exact) mass is 188 g/mol. The van der Waals surface area contributed by atoms with E-state index in [0.29, 0.717) is 0 Å². The van der Waals surface area contributed by atoms with Crippen LogP contribution >= 0.6 is 0 Å². The Balaban J connectivity index is 2.25. The molecule has 0 aliphatic rings. The lowest BCUT2D eigenvalue weighted by molar-refractivity contribution is 0.503. The van der Waals surface area contributed by atoms with Gasteiger partial charge in [0.25, 0.3) is 0 Å². The average molecular weight is 188 g/mol. The molecule has 0 amide bonds. The largest absolute Gasteiger partial charge is 0.441 e. The van der Waals surface area contributed by atoms with Crippen LogP contribution in [-0.4, -0.2) is 9.97 Å². The maximum absolute atomic E-state index is 5.56. The van der Waals surface area contributed by atoms with Crippen molar-refractivity contribution in [1.29, 1.82) is 0 Å². The van der Waals surface area contributed by atoms with Gasteiger partial charge in [0.1, 0.15) is 0 Å². The van der Waals surface area contributed by atoms with E-state index in [1.165, 1.54) is 0 Å². The molecule has 2 heterocycles. The number of pyridine rings is 1. The van der Waals surface area contributed by atoms with Crippen molar-refractivity contribution in [2.75, 3.05) is 0 Å². The van der Waals surface area contributed by atoms with Crippen molar-refractivity contribution >= 4 is 0 Å². The number of hydrogen-bond donors (Lipinski definition) is 0. The molecule has 0 aliphatic heterocycles. The Labute approximate surface area is 82.8 Å². The lowest BCUT2D eigenvalue weighted by atomic mass is 10.2. The molecule has 0 bridgehead atoms. The molecular formula is C11H12N2O. The van der Waals surface area contributed by atoms with Crippen molar-refractivity contribution in [3.8, 4) is 11.3 Å². The molecule has 0 aliphatic carbocycles. The highest BCUT2D eigenvalue weighted by atomic mass is 16.4. The molecule has 0 spiro atoms. The van der Waals surface area contributed by atoms with Crippen LogP contribution in [0.1, 0.15) is 19.2 Å². The average Bonchev–Trinajstić information content (AvgIpc) is 2.68. The number of oxazole rings is 1. The fraction of sp³-hybridized carbons (Fsp3) is 0.273. The van der Waals surface area contributed by atoms with E-state index in [4.69, 9.17) is 4.42 Å². The minimum absolute atomic E-state index is 0.793. The van der Waals surface area contributed by atoms with E-state index in [2.05, 4.69) is 16.9 Å². The summed E-state index contributed by atoms with van der Waals surface area (Å²) in [6.07, 6.45) is 7.21. The SMILES string of the molecule is CCCc1ncc(-c2cccnc2)o1. The molecule has 3 heteroatoms. The molecule has 2 aromatic heterocycles. The van der Waals surface area contributed by atoms with E-state index in [0.717, 1.165) is 30.1 Å². The van der Waals surface area contributed by atoms with Gasteiger partial charge in [-0.15, -0.1) is 0 Å². The second kappa shape index (κ2) is 4.05. The first-order chi connectivity index (χ1) is 6.90. The molecule has 0 saturated heterocycles. The summed E-state index contributed by atoms with van der Waals surface area (Å²) in [7, 11) is 0. The van der Waals surface area contributed by atoms with Gasteiger partial charge in [-0.1, -0.05) is 6.92 Å². The Morgan fingerprint density at radius 3 is 3.00 bits per heavy atom. The maximum Gasteiger partial charge on any atom is 0.194 e. The van der Waals surface area contributed by atoms with Crippen LogP contribution in [0.4, 0.5) is 0 Å². The first-order valence-electron chi connectivity index (χ1n) is 4.75. The van der Waals surface area contributed by atoms with Crippen LogP contribution in [0.15, 0.2) is 35.1 Å². The van der Waals surface area contributed by atoms with Crippen molar-refractivity contribution < 1.29 is 4.42 Å². The molecule has 14 heavy (non-hydrogen) atoms. The Hall–Kier alpha value is -1.64. The molecule has 0 unspecified atom stereocenters. The smallest absolute Gasteiger partial charge is 0.194 e. The van der Waals surface area contributed by atoms with Crippen molar-refractivity contribution in [3.05, 3.63) is 36.6 Å². The van der Waals surface area contributed by atoms with Gasteiger partial charge in [-0.05, 0) is 18.6 Å². The number of aromatic nitrogens is 2. The van der Waals surface area contributed by atoms with E-state index in [9.17, 15) is 0 Å². The van der Waals surface area contributed by atoms with Gasteiger partial charge < -0.3 is 4.42 Å². The molecule has 0 aromatic carbocycles. The molecule has 2 aromatic rings. The highest BCUT2D eigenvalue weighted by Crippen LogP contribution is 2.19. The summed E-state index contributed by atoms with van der Waals surface area (Å²) in [4.78, 5) is 8.22. The van der Waals surface area contributed by atoms with Gasteiger partial charge in [0, 0.05) is 24.4 Å². The lowest BCUT2D eigenvalue weighted by Gasteiger charge is -1.93. The van der Waals surface area contributed by atoms with E-state index in [-0.39, 0.29) is 0 Å². The van der Waals surface area contributed by atoms with Gasteiger partial charge in [0.15, 0.2) is 11.7 Å². The third kappa shape index (κ3) is 1.82. The molecule has 0 radical (unpaired) electrons. The third-order valence-electron chi connectivity index (χ3n) is 1.96. The van der Waals surface area contributed by atoms with Crippen molar-refractivity contribution in [2.45, 2.75) is 19.8 Å². The number of rotatable bonds is 3. The van der Waals surface area contributed by atoms with Gasteiger partial charge in [0.2, 0.25) is 0 Å². The van der Waals surface area contributed by atoms with Crippen molar-refractivity contribution in [1.82, 2.24) is 9.97 Å². The molecule has 72 valence electrons. The van der Waals surface area contributed by atoms with E-state index >= 15 is 0 Å². The topological polar surface area (TPSA) is 38.9 Å². The standard InChI is InChI=1S/C11H12N2O/c1-2-4-11-13-8-10(14-11)9-5-3-6-12-7-9/h3,5-8H,2,4H2,1H3. The quantitative estimate of drug-likeness (QED) is 0.743. The molecule has 0 saturated carbocycles. The Kier molecular flexibility index (Phi) is 2.58. The Morgan fingerprint density at radius 2 is 2.29 bits per heavy atom. The summed E-state index contributed by atoms with van der Waals surface area (Å²) in [5.74, 6) is 1.59. The van der Waals surface area contributed by atoms with Crippen LogP contribution in [0.3, 0.4) is 0 Å². The van der Waals surface area contributed by atoms with E-state index in [1.54, 1.807) is 18.6 Å². The van der Waals surface area contributed by atoms with Crippen LogP contribution in [0.5, 0.6) is 0 Å². The minimum Gasteiger partial charge on any atom is -0.441 e. The number of hydrogen-bond acceptors (Lipinski definition) is 3. The summed E-state index contributed by atoms with van der Waals surface area (Å²) in [5, 5.41) is 0. The summed E-state index contributed by atoms with van der Waals surface area (Å²) in [6.45, 7) is 2.11. The predicted octanol–water partition coefficient (Wildman–Crippen LogP) is 2.69. The zero-order valence-corrected chi connectivity index (χ0v) is 8.10. The number of aryl methyl sites for hydroxylation is 1. The fourth-order valence-corrected chi connectivity index (χ4v) is 1.28. The summed E-state index contributed by atoms with van der Waals surface area (Å²) >= 11 is 0.